The van der Waals surface area contributed by atoms with E-state index < -0.39 is 23.7 Å². The summed E-state index contributed by atoms with van der Waals surface area (Å²) < 4.78 is 7.47. The molecule has 0 saturated carbocycles. The minimum Gasteiger partial charge on any atom is -0.480 e. The van der Waals surface area contributed by atoms with Crippen molar-refractivity contribution in [3.8, 4) is 5.88 Å². The number of likely N-dealkylation sites (tertiary alicyclic amines) is 1. The van der Waals surface area contributed by atoms with Crippen LogP contribution in [0.4, 0.5) is 4.79 Å². The molecule has 1 aromatic carbocycles. The molecule has 28 heavy (non-hydrogen) atoms. The summed E-state index contributed by atoms with van der Waals surface area (Å²) in [7, 11) is 0. The molecule has 3 aromatic rings. The van der Waals surface area contributed by atoms with Crippen LogP contribution in [0.15, 0.2) is 31.1 Å². The molecule has 1 aliphatic rings. The third-order valence-corrected chi connectivity index (χ3v) is 5.06. The van der Waals surface area contributed by atoms with Crippen LogP contribution >= 0.6 is 0 Å². The van der Waals surface area contributed by atoms with E-state index >= 15 is 0 Å². The van der Waals surface area contributed by atoms with Gasteiger partial charge in [-0.1, -0.05) is 18.7 Å². The molecular weight excluding hydrogens is 366 g/mol. The second-order valence-electron chi connectivity index (χ2n) is 6.83. The van der Waals surface area contributed by atoms with Gasteiger partial charge >= 0.3 is 12.1 Å². The first-order chi connectivity index (χ1) is 13.3. The highest BCUT2D eigenvalue weighted by molar-refractivity contribution is 5.97. The van der Waals surface area contributed by atoms with Crippen molar-refractivity contribution in [2.24, 2.45) is 0 Å². The number of carbonyl (C=O) groups is 2. The lowest BCUT2D eigenvalue weighted by Gasteiger charge is -2.27. The van der Waals surface area contributed by atoms with Gasteiger partial charge in [0.15, 0.2) is 5.65 Å². The maximum absolute atomic E-state index is 11.7. The molecule has 4 rings (SSSR count). The minimum absolute atomic E-state index is 0.000822. The molecule has 1 saturated heterocycles. The number of benzene rings is 1. The highest BCUT2D eigenvalue weighted by Gasteiger charge is 2.51. The second-order valence-corrected chi connectivity index (χ2v) is 6.83. The summed E-state index contributed by atoms with van der Waals surface area (Å²) in [6, 6.07) is 5.56. The largest absolute Gasteiger partial charge is 0.480 e. The van der Waals surface area contributed by atoms with Gasteiger partial charge in [0.05, 0.1) is 6.54 Å². The quantitative estimate of drug-likeness (QED) is 0.698. The Morgan fingerprint density at radius 3 is 2.79 bits per heavy atom. The average molecular weight is 383 g/mol. The van der Waals surface area contributed by atoms with Gasteiger partial charge in [-0.15, -0.1) is 15.3 Å². The molecule has 1 amide bonds. The predicted molar refractivity (Wildman–Crippen MR) is 98.2 cm³/mol. The fourth-order valence-corrected chi connectivity index (χ4v) is 3.53. The number of amides is 1. The Morgan fingerprint density at radius 1 is 1.36 bits per heavy atom. The zero-order chi connectivity index (χ0) is 20.1. The highest BCUT2D eigenvalue weighted by Crippen LogP contribution is 2.34. The van der Waals surface area contributed by atoms with E-state index in [1.807, 2.05) is 18.2 Å². The summed E-state index contributed by atoms with van der Waals surface area (Å²) in [5.41, 5.74) is -0.178. The van der Waals surface area contributed by atoms with Crippen LogP contribution in [0.25, 0.3) is 22.5 Å². The number of fused-ring (bicyclic) bond motifs is 3. The topological polar surface area (TPSA) is 130 Å². The lowest BCUT2D eigenvalue weighted by Crippen LogP contribution is -2.50. The van der Waals surface area contributed by atoms with E-state index in [-0.39, 0.29) is 18.8 Å². The molecule has 2 N–H and O–H groups in total. The number of nitrogens with zero attached hydrogens (tertiary/aromatic N) is 5. The van der Waals surface area contributed by atoms with Crippen LogP contribution < -0.4 is 4.74 Å². The van der Waals surface area contributed by atoms with Crippen LogP contribution in [0, 0.1) is 0 Å². The molecule has 0 bridgehead atoms. The number of hydrogen-bond donors (Lipinski definition) is 2. The van der Waals surface area contributed by atoms with E-state index in [9.17, 15) is 19.8 Å². The summed E-state index contributed by atoms with van der Waals surface area (Å²) in [5.74, 6) is -0.974. The first kappa shape index (κ1) is 17.7. The number of rotatable bonds is 4. The first-order valence-electron chi connectivity index (χ1n) is 8.50. The molecule has 0 unspecified atom stereocenters. The van der Waals surface area contributed by atoms with Crippen LogP contribution in [0.3, 0.4) is 0 Å². The standard InChI is InChI=1S/C18H17N5O5/c1-3-10-4-5-12-13(6-10)15(21-23-9-19-20-14(12)23)28-11-7-18(2,16(24)25)22(8-11)17(26)27/h3-6,9,11H,1,7-8H2,2H3,(H,24,25)(H,26,27)/t11-,18+/m1/s1. The molecule has 144 valence electrons. The highest BCUT2D eigenvalue weighted by atomic mass is 16.5. The molecule has 2 atom stereocenters. The van der Waals surface area contributed by atoms with Crippen molar-refractivity contribution in [1.29, 1.82) is 0 Å². The van der Waals surface area contributed by atoms with E-state index in [0.29, 0.717) is 11.0 Å². The first-order valence-corrected chi connectivity index (χ1v) is 8.50. The number of aliphatic carboxylic acids is 1. The SMILES string of the molecule is C=Cc1ccc2c(c1)c(O[C@H]1CN(C(=O)O)[C@](C)(C(=O)O)C1)nn1cnnc21. The van der Waals surface area contributed by atoms with Crippen LogP contribution in [0.5, 0.6) is 5.88 Å². The molecule has 0 radical (unpaired) electrons. The monoisotopic (exact) mass is 383 g/mol. The number of ether oxygens (including phenoxy) is 1. The lowest BCUT2D eigenvalue weighted by atomic mass is 9.99. The van der Waals surface area contributed by atoms with Crippen molar-refractivity contribution < 1.29 is 24.5 Å². The van der Waals surface area contributed by atoms with Crippen LogP contribution in [0.2, 0.25) is 0 Å². The van der Waals surface area contributed by atoms with Crippen molar-refractivity contribution in [3.05, 3.63) is 36.7 Å². The van der Waals surface area contributed by atoms with Crippen molar-refractivity contribution >= 4 is 34.6 Å². The zero-order valence-electron chi connectivity index (χ0n) is 14.9. The molecule has 2 aromatic heterocycles. The van der Waals surface area contributed by atoms with E-state index in [1.54, 1.807) is 6.08 Å². The van der Waals surface area contributed by atoms with E-state index in [4.69, 9.17) is 4.74 Å². The molecule has 0 aliphatic carbocycles. The third kappa shape index (κ3) is 2.61. The van der Waals surface area contributed by atoms with E-state index in [0.717, 1.165) is 15.8 Å². The normalized spacial score (nSPS) is 21.9. The Morgan fingerprint density at radius 2 is 2.14 bits per heavy atom. The minimum atomic E-state index is -1.57. The Labute approximate surface area is 158 Å². The zero-order valence-corrected chi connectivity index (χ0v) is 14.9. The summed E-state index contributed by atoms with van der Waals surface area (Å²) in [6.45, 7) is 5.05. The molecule has 1 fully saturated rings. The summed E-state index contributed by atoms with van der Waals surface area (Å²) >= 11 is 0. The third-order valence-electron chi connectivity index (χ3n) is 5.06. The molecule has 10 heteroatoms. The van der Waals surface area contributed by atoms with Gasteiger partial charge in [-0.05, 0) is 24.6 Å². The fourth-order valence-electron chi connectivity index (χ4n) is 3.53. The maximum atomic E-state index is 11.7. The summed E-state index contributed by atoms with van der Waals surface area (Å²) in [4.78, 5) is 24.1. The fraction of sp³-hybridized carbons (Fsp3) is 0.278. The lowest BCUT2D eigenvalue weighted by molar-refractivity contribution is -0.147. The van der Waals surface area contributed by atoms with Crippen LogP contribution in [0.1, 0.15) is 18.9 Å². The van der Waals surface area contributed by atoms with Gasteiger partial charge in [0, 0.05) is 17.2 Å². The average Bonchev–Trinajstić information content (AvgIpc) is 3.26. The maximum Gasteiger partial charge on any atom is 0.408 e. The van der Waals surface area contributed by atoms with Crippen LogP contribution in [-0.4, -0.2) is 65.2 Å². The Balaban J connectivity index is 1.78. The molecule has 0 spiro atoms. The number of aromatic nitrogens is 4. The molecule has 10 nitrogen and oxygen atoms in total. The Kier molecular flexibility index (Phi) is 3.91. The van der Waals surface area contributed by atoms with E-state index in [1.165, 1.54) is 17.8 Å². The summed E-state index contributed by atoms with van der Waals surface area (Å²) in [6.07, 6.45) is 1.13. The Hall–Kier alpha value is -3.69. The smallest absolute Gasteiger partial charge is 0.408 e. The van der Waals surface area contributed by atoms with Gasteiger partial charge in [0.25, 0.3) is 0 Å². The number of carboxylic acids is 1. The van der Waals surface area contributed by atoms with Gasteiger partial charge < -0.3 is 14.9 Å². The van der Waals surface area contributed by atoms with Gasteiger partial charge in [-0.25, -0.2) is 9.59 Å². The summed E-state index contributed by atoms with van der Waals surface area (Å²) in [5, 5.41) is 32.6. The molecule has 3 heterocycles. The number of hydrogen-bond acceptors (Lipinski definition) is 6. The predicted octanol–water partition coefficient (Wildman–Crippen LogP) is 1.89. The second kappa shape index (κ2) is 6.19. The van der Waals surface area contributed by atoms with Gasteiger partial charge in [0.2, 0.25) is 5.88 Å². The van der Waals surface area contributed by atoms with E-state index in [2.05, 4.69) is 21.9 Å². The van der Waals surface area contributed by atoms with Gasteiger partial charge in [-0.3, -0.25) is 4.90 Å². The Bertz CT molecular complexity index is 1130. The number of carboxylic acid groups (broad SMARTS) is 2. The van der Waals surface area contributed by atoms with Crippen molar-refractivity contribution in [1.82, 2.24) is 24.7 Å². The van der Waals surface area contributed by atoms with Crippen molar-refractivity contribution in [3.63, 3.8) is 0 Å². The molecule has 1 aliphatic heterocycles. The van der Waals surface area contributed by atoms with Crippen molar-refractivity contribution in [2.45, 2.75) is 25.0 Å². The molecular formula is C18H17N5O5. The van der Waals surface area contributed by atoms with Crippen molar-refractivity contribution in [2.75, 3.05) is 6.54 Å². The van der Waals surface area contributed by atoms with Gasteiger partial charge in [0.1, 0.15) is 18.0 Å². The van der Waals surface area contributed by atoms with Crippen LogP contribution in [-0.2, 0) is 4.79 Å². The van der Waals surface area contributed by atoms with Gasteiger partial charge in [-0.2, -0.15) is 4.52 Å².